The number of halogens is 2. The molecule has 0 radical (unpaired) electrons. The average Bonchev–Trinajstić information content (AvgIpc) is 2.41. The zero-order valence-corrected chi connectivity index (χ0v) is 10.1. The first-order valence-electron chi connectivity index (χ1n) is 3.71. The molecule has 0 aliphatic rings. The molecule has 0 N–H and O–H groups in total. The minimum absolute atomic E-state index is 0.0556. The number of thioether (sulfide) groups is 1. The molecule has 0 saturated carbocycles. The third-order valence-corrected chi connectivity index (χ3v) is 3.76. The van der Waals surface area contributed by atoms with Gasteiger partial charge in [-0.25, -0.2) is 0 Å². The van der Waals surface area contributed by atoms with Gasteiger partial charge in [-0.1, -0.05) is 30.1 Å². The molecule has 13 heavy (non-hydrogen) atoms. The molecule has 0 aliphatic heterocycles. The van der Waals surface area contributed by atoms with Crippen LogP contribution in [0.4, 0.5) is 0 Å². The number of hydrogen-bond donors (Lipinski definition) is 0. The summed E-state index contributed by atoms with van der Waals surface area (Å²) in [6.07, 6.45) is 0. The second-order valence-corrected chi connectivity index (χ2v) is 5.86. The average molecular weight is 255 g/mol. The molecule has 1 aromatic rings. The van der Waals surface area contributed by atoms with E-state index < -0.39 is 0 Å². The van der Waals surface area contributed by atoms with Crippen LogP contribution in [0.2, 0.25) is 8.67 Å². The summed E-state index contributed by atoms with van der Waals surface area (Å²) in [7, 11) is 0. The monoisotopic (exact) mass is 254 g/mol. The molecule has 0 aliphatic carbocycles. The molecule has 0 atom stereocenters. The van der Waals surface area contributed by atoms with Crippen molar-refractivity contribution in [1.82, 2.24) is 0 Å². The van der Waals surface area contributed by atoms with Gasteiger partial charge >= 0.3 is 0 Å². The van der Waals surface area contributed by atoms with Crippen molar-refractivity contribution in [3.63, 3.8) is 0 Å². The molecule has 0 bridgehead atoms. The highest BCUT2D eigenvalue weighted by atomic mass is 35.5. The Labute approximate surface area is 95.4 Å². The normalized spacial score (nSPS) is 10.4. The standard InChI is InChI=1S/C8H8Cl2OS2/c1-2-12-4-6(11)5-3-7(9)13-8(5)10/h3H,2,4H2,1H3. The van der Waals surface area contributed by atoms with Gasteiger partial charge in [-0.2, -0.15) is 11.8 Å². The molecule has 1 heterocycles. The summed E-state index contributed by atoms with van der Waals surface area (Å²) in [5, 5.41) is 0. The van der Waals surface area contributed by atoms with Gasteiger partial charge < -0.3 is 0 Å². The second kappa shape index (κ2) is 5.25. The van der Waals surface area contributed by atoms with Crippen molar-refractivity contribution in [2.75, 3.05) is 11.5 Å². The Balaban J connectivity index is 2.70. The van der Waals surface area contributed by atoms with Crippen LogP contribution in [0.1, 0.15) is 17.3 Å². The molecular weight excluding hydrogens is 247 g/mol. The summed E-state index contributed by atoms with van der Waals surface area (Å²) >= 11 is 14.4. The Morgan fingerprint density at radius 3 is 2.77 bits per heavy atom. The summed E-state index contributed by atoms with van der Waals surface area (Å²) in [4.78, 5) is 11.5. The van der Waals surface area contributed by atoms with Crippen molar-refractivity contribution in [3.05, 3.63) is 20.3 Å². The van der Waals surface area contributed by atoms with Crippen LogP contribution in [0.25, 0.3) is 0 Å². The predicted octanol–water partition coefficient (Wildman–Crippen LogP) is 3.99. The van der Waals surface area contributed by atoms with E-state index in [2.05, 4.69) is 0 Å². The lowest BCUT2D eigenvalue weighted by atomic mass is 10.2. The van der Waals surface area contributed by atoms with E-state index >= 15 is 0 Å². The highest BCUT2D eigenvalue weighted by molar-refractivity contribution is 7.99. The minimum Gasteiger partial charge on any atom is -0.293 e. The number of ketones is 1. The highest BCUT2D eigenvalue weighted by Gasteiger charge is 2.13. The molecule has 1 rings (SSSR count). The smallest absolute Gasteiger partial charge is 0.175 e. The molecule has 1 aromatic heterocycles. The first-order valence-corrected chi connectivity index (χ1v) is 6.43. The van der Waals surface area contributed by atoms with Crippen LogP contribution in [-0.4, -0.2) is 17.3 Å². The first kappa shape index (κ1) is 11.4. The fourth-order valence-corrected chi connectivity index (χ4v) is 2.85. The highest BCUT2D eigenvalue weighted by Crippen LogP contribution is 2.31. The van der Waals surface area contributed by atoms with Crippen LogP contribution in [0.3, 0.4) is 0 Å². The van der Waals surface area contributed by atoms with Gasteiger partial charge in [-0.15, -0.1) is 11.3 Å². The summed E-state index contributed by atoms with van der Waals surface area (Å²) in [5.74, 6) is 1.46. The summed E-state index contributed by atoms with van der Waals surface area (Å²) in [5.41, 5.74) is 0.553. The maximum Gasteiger partial charge on any atom is 0.175 e. The van der Waals surface area contributed by atoms with Crippen LogP contribution in [0.5, 0.6) is 0 Å². The third kappa shape index (κ3) is 3.17. The molecule has 0 saturated heterocycles. The molecule has 0 amide bonds. The Morgan fingerprint density at radius 1 is 1.62 bits per heavy atom. The molecule has 0 spiro atoms. The molecule has 72 valence electrons. The molecular formula is C8H8Cl2OS2. The van der Waals surface area contributed by atoms with Crippen LogP contribution >= 0.6 is 46.3 Å². The van der Waals surface area contributed by atoms with Crippen molar-refractivity contribution in [3.8, 4) is 0 Å². The second-order valence-electron chi connectivity index (χ2n) is 2.30. The number of Topliss-reactive ketones (excluding diaryl/α,β-unsaturated/α-hetero) is 1. The van der Waals surface area contributed by atoms with E-state index in [0.717, 1.165) is 5.75 Å². The maximum absolute atomic E-state index is 11.5. The van der Waals surface area contributed by atoms with E-state index in [-0.39, 0.29) is 5.78 Å². The van der Waals surface area contributed by atoms with Crippen molar-refractivity contribution in [1.29, 1.82) is 0 Å². The van der Waals surface area contributed by atoms with Gasteiger partial charge in [0.1, 0.15) is 4.34 Å². The largest absolute Gasteiger partial charge is 0.293 e. The van der Waals surface area contributed by atoms with Gasteiger partial charge in [0.15, 0.2) is 5.78 Å². The lowest BCUT2D eigenvalue weighted by Crippen LogP contribution is -2.01. The molecule has 5 heteroatoms. The number of rotatable bonds is 4. The third-order valence-electron chi connectivity index (χ3n) is 1.39. The van der Waals surface area contributed by atoms with Crippen LogP contribution in [0.15, 0.2) is 6.07 Å². The van der Waals surface area contributed by atoms with Gasteiger partial charge in [0.05, 0.1) is 10.1 Å². The Morgan fingerprint density at radius 2 is 2.31 bits per heavy atom. The fraction of sp³-hybridized carbons (Fsp3) is 0.375. The SMILES string of the molecule is CCSCC(=O)c1cc(Cl)sc1Cl. The number of carbonyl (C=O) groups excluding carboxylic acids is 1. The van der Waals surface area contributed by atoms with Crippen LogP contribution in [-0.2, 0) is 0 Å². The van der Waals surface area contributed by atoms with Crippen LogP contribution in [0, 0.1) is 0 Å². The first-order chi connectivity index (χ1) is 6.15. The van der Waals surface area contributed by atoms with E-state index in [9.17, 15) is 4.79 Å². The van der Waals surface area contributed by atoms with E-state index in [1.165, 1.54) is 11.3 Å². The summed E-state index contributed by atoms with van der Waals surface area (Å²) < 4.78 is 1.06. The lowest BCUT2D eigenvalue weighted by molar-refractivity contribution is 0.102. The Hall–Kier alpha value is 0.300. The zero-order valence-electron chi connectivity index (χ0n) is 6.97. The van der Waals surface area contributed by atoms with Crippen molar-refractivity contribution < 1.29 is 4.79 Å². The van der Waals surface area contributed by atoms with E-state index in [0.29, 0.717) is 20.0 Å². The van der Waals surface area contributed by atoms with E-state index in [1.54, 1.807) is 17.8 Å². The number of hydrogen-bond acceptors (Lipinski definition) is 3. The number of carbonyl (C=O) groups is 1. The summed E-state index contributed by atoms with van der Waals surface area (Å²) in [6, 6.07) is 1.63. The summed E-state index contributed by atoms with van der Waals surface area (Å²) in [6.45, 7) is 2.01. The van der Waals surface area contributed by atoms with Gasteiger partial charge in [0, 0.05) is 5.56 Å². The van der Waals surface area contributed by atoms with Gasteiger partial charge in [-0.3, -0.25) is 4.79 Å². The Kier molecular flexibility index (Phi) is 4.59. The molecule has 0 unspecified atom stereocenters. The quantitative estimate of drug-likeness (QED) is 0.756. The zero-order chi connectivity index (χ0) is 9.84. The van der Waals surface area contributed by atoms with Crippen LogP contribution < -0.4 is 0 Å². The lowest BCUT2D eigenvalue weighted by Gasteiger charge is -1.96. The van der Waals surface area contributed by atoms with E-state index in [4.69, 9.17) is 23.2 Å². The topological polar surface area (TPSA) is 17.1 Å². The molecule has 0 aromatic carbocycles. The van der Waals surface area contributed by atoms with Crippen molar-refractivity contribution in [2.24, 2.45) is 0 Å². The molecule has 1 nitrogen and oxygen atoms in total. The maximum atomic E-state index is 11.5. The molecule has 0 fully saturated rings. The van der Waals surface area contributed by atoms with Gasteiger partial charge in [0.2, 0.25) is 0 Å². The van der Waals surface area contributed by atoms with E-state index in [1.807, 2.05) is 6.92 Å². The predicted molar refractivity (Wildman–Crippen MR) is 61.7 cm³/mol. The fourth-order valence-electron chi connectivity index (χ4n) is 0.803. The minimum atomic E-state index is 0.0556. The van der Waals surface area contributed by atoms with Crippen molar-refractivity contribution >= 4 is 52.1 Å². The number of thiophene rings is 1. The van der Waals surface area contributed by atoms with Gasteiger partial charge in [-0.05, 0) is 11.8 Å². The van der Waals surface area contributed by atoms with Gasteiger partial charge in [0.25, 0.3) is 0 Å². The Bertz CT molecular complexity index is 309. The van der Waals surface area contributed by atoms with Crippen molar-refractivity contribution in [2.45, 2.75) is 6.92 Å².